The van der Waals surface area contributed by atoms with E-state index in [1.165, 1.54) is 0 Å². The highest BCUT2D eigenvalue weighted by molar-refractivity contribution is 5.73. The molecule has 0 rings (SSSR count). The molecule has 0 spiro atoms. The first-order chi connectivity index (χ1) is 4.18. The molecular formula is C5H11NO3. The van der Waals surface area contributed by atoms with Crippen LogP contribution in [-0.4, -0.2) is 30.3 Å². The smallest absolute Gasteiger partial charge is 0.322 e. The zero-order valence-electron chi connectivity index (χ0n) is 5.33. The van der Waals surface area contributed by atoms with Crippen molar-refractivity contribution in [3.8, 4) is 0 Å². The molecule has 0 fully saturated rings. The van der Waals surface area contributed by atoms with Crippen LogP contribution in [0.15, 0.2) is 0 Å². The van der Waals surface area contributed by atoms with Gasteiger partial charge in [0.15, 0.2) is 0 Å². The minimum Gasteiger partial charge on any atom is -0.480 e. The molecule has 3 N–H and O–H groups in total. The van der Waals surface area contributed by atoms with Crippen molar-refractivity contribution in [1.29, 1.82) is 0 Å². The highest BCUT2D eigenvalue weighted by atomic mass is 16.5. The quantitative estimate of drug-likeness (QED) is 0.539. The lowest BCUT2D eigenvalue weighted by Crippen LogP contribution is -2.34. The van der Waals surface area contributed by atoms with Crippen LogP contribution in [0.25, 0.3) is 0 Å². The number of carboxylic acid groups (broad SMARTS) is 1. The lowest BCUT2D eigenvalue weighted by Gasteiger charge is -2.03. The van der Waals surface area contributed by atoms with E-state index in [1.54, 1.807) is 6.92 Å². The lowest BCUT2D eigenvalue weighted by molar-refractivity contribution is -0.139. The van der Waals surface area contributed by atoms with Gasteiger partial charge in [0.05, 0.1) is 6.61 Å². The predicted octanol–water partition coefficient (Wildman–Crippen LogP) is -0.565. The summed E-state index contributed by atoms with van der Waals surface area (Å²) in [7, 11) is 0. The second kappa shape index (κ2) is 4.29. The van der Waals surface area contributed by atoms with Crippen LogP contribution in [0.4, 0.5) is 0 Å². The summed E-state index contributed by atoms with van der Waals surface area (Å²) in [6.07, 6.45) is 0. The number of nitrogens with two attached hydrogens (primary N) is 1. The summed E-state index contributed by atoms with van der Waals surface area (Å²) in [6.45, 7) is 2.38. The first kappa shape index (κ1) is 8.39. The molecule has 1 atom stereocenters. The third-order valence-corrected chi connectivity index (χ3v) is 0.819. The Balaban J connectivity index is 3.27. The predicted molar refractivity (Wildman–Crippen MR) is 32.1 cm³/mol. The van der Waals surface area contributed by atoms with Gasteiger partial charge in [-0.2, -0.15) is 0 Å². The molecule has 0 saturated heterocycles. The van der Waals surface area contributed by atoms with Gasteiger partial charge in [-0.15, -0.1) is 0 Å². The third-order valence-electron chi connectivity index (χ3n) is 0.819. The minimum absolute atomic E-state index is 0.0891. The summed E-state index contributed by atoms with van der Waals surface area (Å²) in [5, 5.41) is 8.20. The molecule has 0 aliphatic carbocycles. The Morgan fingerprint density at radius 1 is 1.89 bits per heavy atom. The summed E-state index contributed by atoms with van der Waals surface area (Å²) in [5.41, 5.74) is 5.08. The molecule has 0 aliphatic heterocycles. The van der Waals surface area contributed by atoms with E-state index < -0.39 is 12.0 Å². The summed E-state index contributed by atoms with van der Waals surface area (Å²) in [5.74, 6) is -1.02. The first-order valence-corrected chi connectivity index (χ1v) is 2.74. The molecule has 0 heterocycles. The largest absolute Gasteiger partial charge is 0.480 e. The summed E-state index contributed by atoms with van der Waals surface area (Å²) >= 11 is 0. The van der Waals surface area contributed by atoms with E-state index in [0.29, 0.717) is 6.61 Å². The molecule has 9 heavy (non-hydrogen) atoms. The van der Waals surface area contributed by atoms with Gasteiger partial charge >= 0.3 is 5.97 Å². The van der Waals surface area contributed by atoms with Crippen molar-refractivity contribution in [3.05, 3.63) is 0 Å². The maximum Gasteiger partial charge on any atom is 0.322 e. The van der Waals surface area contributed by atoms with E-state index >= 15 is 0 Å². The van der Waals surface area contributed by atoms with Gasteiger partial charge in [0.2, 0.25) is 0 Å². The van der Waals surface area contributed by atoms with Crippen LogP contribution in [0, 0.1) is 0 Å². The van der Waals surface area contributed by atoms with Crippen molar-refractivity contribution in [2.75, 3.05) is 13.2 Å². The van der Waals surface area contributed by atoms with Gasteiger partial charge in [-0.1, -0.05) is 0 Å². The van der Waals surface area contributed by atoms with Crippen LogP contribution in [0.3, 0.4) is 0 Å². The number of hydrogen-bond acceptors (Lipinski definition) is 3. The van der Waals surface area contributed by atoms with E-state index in [-0.39, 0.29) is 6.61 Å². The Bertz CT molecular complexity index is 94.2. The number of rotatable bonds is 4. The van der Waals surface area contributed by atoms with Crippen molar-refractivity contribution < 1.29 is 14.6 Å². The molecule has 1 unspecified atom stereocenters. The van der Waals surface area contributed by atoms with Crippen molar-refractivity contribution >= 4 is 5.97 Å². The third kappa shape index (κ3) is 3.93. The highest BCUT2D eigenvalue weighted by Crippen LogP contribution is 1.80. The lowest BCUT2D eigenvalue weighted by atomic mass is 10.3. The Hall–Kier alpha value is -0.610. The standard InChI is InChI=1S/C5H11NO3/c1-2-9-3-4(6)5(7)8/h4H,2-3,6H2,1H3,(H,7,8). The van der Waals surface area contributed by atoms with Crippen LogP contribution in [0.2, 0.25) is 0 Å². The fraction of sp³-hybridized carbons (Fsp3) is 0.800. The molecule has 4 heteroatoms. The minimum atomic E-state index is -1.02. The van der Waals surface area contributed by atoms with Gasteiger partial charge in [-0.05, 0) is 6.92 Å². The Kier molecular flexibility index (Phi) is 4.00. The summed E-state index contributed by atoms with van der Waals surface area (Å²) in [6, 6.07) is -0.884. The van der Waals surface area contributed by atoms with Crippen LogP contribution >= 0.6 is 0 Å². The van der Waals surface area contributed by atoms with Gasteiger partial charge in [0.25, 0.3) is 0 Å². The summed E-state index contributed by atoms with van der Waals surface area (Å²) in [4.78, 5) is 10.0. The van der Waals surface area contributed by atoms with Gasteiger partial charge in [-0.3, -0.25) is 4.79 Å². The molecule has 0 aliphatic rings. The number of ether oxygens (including phenoxy) is 1. The van der Waals surface area contributed by atoms with E-state index in [4.69, 9.17) is 15.6 Å². The molecule has 0 saturated carbocycles. The molecule has 0 aromatic carbocycles. The van der Waals surface area contributed by atoms with E-state index in [1.807, 2.05) is 0 Å². The Morgan fingerprint density at radius 3 is 2.78 bits per heavy atom. The number of hydrogen-bond donors (Lipinski definition) is 2. The van der Waals surface area contributed by atoms with E-state index in [0.717, 1.165) is 0 Å². The molecule has 0 radical (unpaired) electrons. The molecule has 0 aromatic heterocycles. The number of carbonyl (C=O) groups is 1. The molecule has 54 valence electrons. The van der Waals surface area contributed by atoms with Crippen LogP contribution in [0.5, 0.6) is 0 Å². The second-order valence-corrected chi connectivity index (χ2v) is 1.60. The molecular weight excluding hydrogens is 122 g/mol. The zero-order valence-corrected chi connectivity index (χ0v) is 5.33. The maximum atomic E-state index is 10.0. The maximum absolute atomic E-state index is 10.0. The Labute approximate surface area is 53.6 Å². The zero-order chi connectivity index (χ0) is 7.28. The Morgan fingerprint density at radius 2 is 2.44 bits per heavy atom. The normalized spacial score (nSPS) is 13.1. The SMILES string of the molecule is CCOCC(N)C(=O)O. The van der Waals surface area contributed by atoms with Gasteiger partial charge < -0.3 is 15.6 Å². The second-order valence-electron chi connectivity index (χ2n) is 1.60. The molecule has 4 nitrogen and oxygen atoms in total. The summed E-state index contributed by atoms with van der Waals surface area (Å²) < 4.78 is 4.75. The van der Waals surface area contributed by atoms with Crippen molar-refractivity contribution in [3.63, 3.8) is 0 Å². The van der Waals surface area contributed by atoms with Crippen LogP contribution in [0.1, 0.15) is 6.92 Å². The monoisotopic (exact) mass is 133 g/mol. The van der Waals surface area contributed by atoms with E-state index in [2.05, 4.69) is 0 Å². The average Bonchev–Trinajstić information content (AvgIpc) is 1.82. The average molecular weight is 133 g/mol. The van der Waals surface area contributed by atoms with Crippen molar-refractivity contribution in [1.82, 2.24) is 0 Å². The first-order valence-electron chi connectivity index (χ1n) is 2.74. The van der Waals surface area contributed by atoms with E-state index in [9.17, 15) is 4.79 Å². The van der Waals surface area contributed by atoms with Gasteiger partial charge in [0, 0.05) is 6.61 Å². The van der Waals surface area contributed by atoms with Crippen molar-refractivity contribution in [2.45, 2.75) is 13.0 Å². The van der Waals surface area contributed by atoms with Crippen molar-refractivity contribution in [2.24, 2.45) is 5.73 Å². The molecule has 0 amide bonds. The number of aliphatic carboxylic acids is 1. The highest BCUT2D eigenvalue weighted by Gasteiger charge is 2.09. The topological polar surface area (TPSA) is 72.5 Å². The fourth-order valence-electron chi connectivity index (χ4n) is 0.316. The van der Waals surface area contributed by atoms with Gasteiger partial charge in [0.1, 0.15) is 6.04 Å². The molecule has 0 bridgehead atoms. The molecule has 0 aromatic rings. The van der Waals surface area contributed by atoms with Crippen LogP contribution in [-0.2, 0) is 9.53 Å². The van der Waals surface area contributed by atoms with Crippen LogP contribution < -0.4 is 5.73 Å². The van der Waals surface area contributed by atoms with Gasteiger partial charge in [-0.25, -0.2) is 0 Å². The fourth-order valence-corrected chi connectivity index (χ4v) is 0.316. The number of carboxylic acids is 1.